The first-order valence-electron chi connectivity index (χ1n) is 6.37. The van der Waals surface area contributed by atoms with E-state index in [1.54, 1.807) is 11.1 Å². The zero-order chi connectivity index (χ0) is 13.8. The van der Waals surface area contributed by atoms with Gasteiger partial charge in [0.25, 0.3) is 0 Å². The van der Waals surface area contributed by atoms with E-state index in [1.807, 2.05) is 25.1 Å². The standard InChI is InChI=1S/C14H18N2O3/c1-10-8-16(9-12(10)14(18)19-2)13(17)7-11-5-3-4-6-15-11/h3-6,10,12H,7-9H2,1-2H3. The fourth-order valence-corrected chi connectivity index (χ4v) is 2.40. The maximum atomic E-state index is 12.2. The third-order valence-corrected chi connectivity index (χ3v) is 3.53. The number of aromatic nitrogens is 1. The molecule has 2 atom stereocenters. The quantitative estimate of drug-likeness (QED) is 0.759. The van der Waals surface area contributed by atoms with Crippen LogP contribution in [0.4, 0.5) is 0 Å². The van der Waals surface area contributed by atoms with Crippen molar-refractivity contribution >= 4 is 11.9 Å². The van der Waals surface area contributed by atoms with E-state index >= 15 is 0 Å². The van der Waals surface area contributed by atoms with Gasteiger partial charge in [0.05, 0.1) is 19.4 Å². The summed E-state index contributed by atoms with van der Waals surface area (Å²) >= 11 is 0. The van der Waals surface area contributed by atoms with Crippen molar-refractivity contribution in [2.45, 2.75) is 13.3 Å². The lowest BCUT2D eigenvalue weighted by Crippen LogP contribution is -2.31. The molecule has 0 aliphatic carbocycles. The van der Waals surface area contributed by atoms with E-state index in [4.69, 9.17) is 4.74 Å². The summed E-state index contributed by atoms with van der Waals surface area (Å²) in [4.78, 5) is 29.6. The lowest BCUT2D eigenvalue weighted by molar-refractivity contribution is -0.146. The molecule has 0 bridgehead atoms. The average molecular weight is 262 g/mol. The Bertz CT molecular complexity index is 461. The third-order valence-electron chi connectivity index (χ3n) is 3.53. The number of nitrogens with zero attached hydrogens (tertiary/aromatic N) is 2. The first-order valence-corrected chi connectivity index (χ1v) is 6.37. The summed E-state index contributed by atoms with van der Waals surface area (Å²) in [7, 11) is 1.38. The van der Waals surface area contributed by atoms with Gasteiger partial charge in [0, 0.05) is 25.0 Å². The molecule has 2 rings (SSSR count). The summed E-state index contributed by atoms with van der Waals surface area (Å²) in [6.07, 6.45) is 1.95. The highest BCUT2D eigenvalue weighted by molar-refractivity contribution is 5.81. The number of rotatable bonds is 3. The summed E-state index contributed by atoms with van der Waals surface area (Å²) in [6, 6.07) is 5.51. The molecule has 5 nitrogen and oxygen atoms in total. The second-order valence-corrected chi connectivity index (χ2v) is 4.90. The van der Waals surface area contributed by atoms with Gasteiger partial charge in [-0.05, 0) is 18.1 Å². The highest BCUT2D eigenvalue weighted by atomic mass is 16.5. The van der Waals surface area contributed by atoms with Gasteiger partial charge in [0.2, 0.25) is 5.91 Å². The van der Waals surface area contributed by atoms with Gasteiger partial charge in [-0.15, -0.1) is 0 Å². The second-order valence-electron chi connectivity index (χ2n) is 4.90. The molecule has 5 heteroatoms. The Labute approximate surface area is 112 Å². The van der Waals surface area contributed by atoms with Crippen molar-refractivity contribution in [2.75, 3.05) is 20.2 Å². The van der Waals surface area contributed by atoms with Gasteiger partial charge < -0.3 is 9.64 Å². The molecule has 0 spiro atoms. The Morgan fingerprint density at radius 3 is 2.84 bits per heavy atom. The van der Waals surface area contributed by atoms with E-state index in [0.29, 0.717) is 13.1 Å². The number of hydrogen-bond acceptors (Lipinski definition) is 4. The molecule has 0 N–H and O–H groups in total. The Morgan fingerprint density at radius 1 is 1.42 bits per heavy atom. The molecule has 102 valence electrons. The van der Waals surface area contributed by atoms with Gasteiger partial charge in [-0.25, -0.2) is 0 Å². The minimum Gasteiger partial charge on any atom is -0.469 e. The van der Waals surface area contributed by atoms with Gasteiger partial charge in [0.1, 0.15) is 0 Å². The van der Waals surface area contributed by atoms with Gasteiger partial charge in [-0.1, -0.05) is 13.0 Å². The van der Waals surface area contributed by atoms with Gasteiger partial charge in [-0.2, -0.15) is 0 Å². The summed E-state index contributed by atoms with van der Waals surface area (Å²) in [5.41, 5.74) is 0.752. The smallest absolute Gasteiger partial charge is 0.310 e. The summed E-state index contributed by atoms with van der Waals surface area (Å²) in [6.45, 7) is 3.01. The molecule has 1 saturated heterocycles. The zero-order valence-corrected chi connectivity index (χ0v) is 11.2. The van der Waals surface area contributed by atoms with Crippen molar-refractivity contribution in [1.29, 1.82) is 0 Å². The number of esters is 1. The monoisotopic (exact) mass is 262 g/mol. The largest absolute Gasteiger partial charge is 0.469 e. The predicted octanol–water partition coefficient (Wildman–Crippen LogP) is 0.892. The number of ether oxygens (including phenoxy) is 1. The van der Waals surface area contributed by atoms with Crippen molar-refractivity contribution in [1.82, 2.24) is 9.88 Å². The predicted molar refractivity (Wildman–Crippen MR) is 69.2 cm³/mol. The van der Waals surface area contributed by atoms with Crippen LogP contribution in [0.25, 0.3) is 0 Å². The molecule has 1 amide bonds. The van der Waals surface area contributed by atoms with Crippen LogP contribution < -0.4 is 0 Å². The first kappa shape index (κ1) is 13.5. The van der Waals surface area contributed by atoms with Crippen LogP contribution in [0, 0.1) is 11.8 Å². The number of methoxy groups -OCH3 is 1. The van der Waals surface area contributed by atoms with Crippen LogP contribution in [0.1, 0.15) is 12.6 Å². The number of pyridine rings is 1. The van der Waals surface area contributed by atoms with E-state index < -0.39 is 0 Å². The average Bonchev–Trinajstić information content (AvgIpc) is 2.81. The minimum absolute atomic E-state index is 0.0111. The van der Waals surface area contributed by atoms with Crippen LogP contribution in [0.5, 0.6) is 0 Å². The Balaban J connectivity index is 1.96. The molecule has 1 aromatic heterocycles. The highest BCUT2D eigenvalue weighted by Crippen LogP contribution is 2.24. The van der Waals surface area contributed by atoms with Crippen LogP contribution >= 0.6 is 0 Å². The van der Waals surface area contributed by atoms with Gasteiger partial charge in [0.15, 0.2) is 0 Å². The molecule has 1 aromatic rings. The lowest BCUT2D eigenvalue weighted by Gasteiger charge is -2.15. The molecule has 0 aromatic carbocycles. The maximum Gasteiger partial charge on any atom is 0.310 e. The summed E-state index contributed by atoms with van der Waals surface area (Å²) in [5, 5.41) is 0. The molecule has 0 saturated carbocycles. The van der Waals surface area contributed by atoms with E-state index in [1.165, 1.54) is 7.11 Å². The number of hydrogen-bond donors (Lipinski definition) is 0. The van der Waals surface area contributed by atoms with Crippen molar-refractivity contribution in [2.24, 2.45) is 11.8 Å². The Morgan fingerprint density at radius 2 is 2.21 bits per heavy atom. The van der Waals surface area contributed by atoms with Crippen molar-refractivity contribution < 1.29 is 14.3 Å². The molecule has 19 heavy (non-hydrogen) atoms. The van der Waals surface area contributed by atoms with E-state index in [2.05, 4.69) is 4.98 Å². The summed E-state index contributed by atoms with van der Waals surface area (Å²) in [5.74, 6) is -0.296. The Hall–Kier alpha value is -1.91. The molecule has 1 aliphatic rings. The number of amides is 1. The van der Waals surface area contributed by atoms with Gasteiger partial charge in [-0.3, -0.25) is 14.6 Å². The number of carbonyl (C=O) groups is 2. The van der Waals surface area contributed by atoms with Crippen molar-refractivity contribution in [3.05, 3.63) is 30.1 Å². The van der Waals surface area contributed by atoms with Crippen LogP contribution in [0.2, 0.25) is 0 Å². The highest BCUT2D eigenvalue weighted by Gasteiger charge is 2.37. The topological polar surface area (TPSA) is 59.5 Å². The van der Waals surface area contributed by atoms with Crippen LogP contribution in [-0.2, 0) is 20.7 Å². The zero-order valence-electron chi connectivity index (χ0n) is 11.2. The Kier molecular flexibility index (Phi) is 4.14. The molecule has 2 heterocycles. The normalized spacial score (nSPS) is 22.3. The van der Waals surface area contributed by atoms with Crippen LogP contribution in [0.15, 0.2) is 24.4 Å². The lowest BCUT2D eigenvalue weighted by atomic mass is 9.99. The van der Waals surface area contributed by atoms with E-state index in [0.717, 1.165) is 5.69 Å². The van der Waals surface area contributed by atoms with E-state index in [9.17, 15) is 9.59 Å². The van der Waals surface area contributed by atoms with E-state index in [-0.39, 0.29) is 30.1 Å². The second kappa shape index (κ2) is 5.82. The molecule has 1 fully saturated rings. The summed E-state index contributed by atoms with van der Waals surface area (Å²) < 4.78 is 4.76. The van der Waals surface area contributed by atoms with Gasteiger partial charge >= 0.3 is 5.97 Å². The minimum atomic E-state index is -0.236. The molecule has 2 unspecified atom stereocenters. The molecular weight excluding hydrogens is 244 g/mol. The fourth-order valence-electron chi connectivity index (χ4n) is 2.40. The number of carbonyl (C=O) groups excluding carboxylic acids is 2. The number of likely N-dealkylation sites (tertiary alicyclic amines) is 1. The molecular formula is C14H18N2O3. The third kappa shape index (κ3) is 3.10. The molecule has 1 aliphatic heterocycles. The first-order chi connectivity index (χ1) is 9.11. The maximum absolute atomic E-state index is 12.2. The molecule has 0 radical (unpaired) electrons. The van der Waals surface area contributed by atoms with Crippen LogP contribution in [-0.4, -0.2) is 42.0 Å². The SMILES string of the molecule is COC(=O)C1CN(C(=O)Cc2ccccn2)CC1C. The van der Waals surface area contributed by atoms with Crippen molar-refractivity contribution in [3.8, 4) is 0 Å². The van der Waals surface area contributed by atoms with Crippen LogP contribution in [0.3, 0.4) is 0 Å². The fraction of sp³-hybridized carbons (Fsp3) is 0.500. The van der Waals surface area contributed by atoms with Crippen molar-refractivity contribution in [3.63, 3.8) is 0 Å².